The first-order valence-electron chi connectivity index (χ1n) is 1.71. The van der Waals surface area contributed by atoms with Gasteiger partial charge in [0.15, 0.2) is 0 Å². The molecule has 0 saturated carbocycles. The van der Waals surface area contributed by atoms with Crippen LogP contribution in [-0.4, -0.2) is 5.97 Å². The summed E-state index contributed by atoms with van der Waals surface area (Å²) in [5, 5.41) is 9.38. The summed E-state index contributed by atoms with van der Waals surface area (Å²) in [5.74, 6) is -2.98. The Morgan fingerprint density at radius 1 is 1.86 bits per heavy atom. The van der Waals surface area contributed by atoms with Crippen LogP contribution in [0, 0.1) is 0 Å². The van der Waals surface area contributed by atoms with Gasteiger partial charge in [0.1, 0.15) is 5.83 Å². The minimum Gasteiger partial charge on any atom is -0.542 e. The predicted molar refractivity (Wildman–Crippen MR) is 19.9 cm³/mol. The minimum absolute atomic E-state index is 0.829. The van der Waals surface area contributed by atoms with E-state index in [-0.39, 0.29) is 0 Å². The molecule has 0 aromatic rings. The van der Waals surface area contributed by atoms with Crippen LogP contribution >= 0.6 is 0 Å². The molecule has 0 radical (unpaired) electrons. The molecule has 0 aliphatic rings. The summed E-state index contributed by atoms with van der Waals surface area (Å²) >= 11 is 0. The lowest BCUT2D eigenvalue weighted by molar-refractivity contribution is -0.301. The zero-order valence-electron chi connectivity index (χ0n) is 3.77. The first-order valence-corrected chi connectivity index (χ1v) is 1.71. The molecular weight excluding hydrogens is 99.0 g/mol. The Kier molecular flexibility index (Phi) is 2.05. The smallest absolute Gasteiger partial charge is 0.141 e. The second-order valence-corrected chi connectivity index (χ2v) is 0.924. The summed E-state index contributed by atoms with van der Waals surface area (Å²) in [6, 6.07) is 0. The van der Waals surface area contributed by atoms with Gasteiger partial charge in [0, 0.05) is 0 Å². The first kappa shape index (κ1) is 6.14. The van der Waals surface area contributed by atoms with E-state index < -0.39 is 11.8 Å². The molecule has 7 heavy (non-hydrogen) atoms. The second-order valence-electron chi connectivity index (χ2n) is 0.924. The van der Waals surface area contributed by atoms with Crippen LogP contribution in [0.15, 0.2) is 11.9 Å². The topological polar surface area (TPSA) is 40.1 Å². The molecule has 0 aliphatic carbocycles. The molecule has 2 nitrogen and oxygen atoms in total. The maximum Gasteiger partial charge on any atom is 0.141 e. The first-order chi connectivity index (χ1) is 3.18. The molecule has 0 aliphatic heterocycles. The van der Waals surface area contributed by atoms with Gasteiger partial charge in [-0.05, 0) is 13.0 Å². The molecule has 0 atom stereocenters. The molecule has 0 rings (SSSR count). The number of rotatable bonds is 1. The van der Waals surface area contributed by atoms with E-state index in [0.717, 1.165) is 6.08 Å². The third-order valence-corrected chi connectivity index (χ3v) is 0.448. The standard InChI is InChI=1S/C4H5FO2/c1-2-3(5)4(6)7/h2H,1H3,(H,6,7)/p-1/b3-2-. The summed E-state index contributed by atoms with van der Waals surface area (Å²) in [7, 11) is 0. The van der Waals surface area contributed by atoms with E-state index in [1.165, 1.54) is 6.92 Å². The highest BCUT2D eigenvalue weighted by atomic mass is 19.1. The quantitative estimate of drug-likeness (QED) is 0.424. The number of carbonyl (C=O) groups is 1. The van der Waals surface area contributed by atoms with Gasteiger partial charge in [-0.3, -0.25) is 0 Å². The lowest BCUT2D eigenvalue weighted by atomic mass is 10.5. The van der Waals surface area contributed by atoms with Crippen molar-refractivity contribution in [2.24, 2.45) is 0 Å². The van der Waals surface area contributed by atoms with Crippen LogP contribution in [0.3, 0.4) is 0 Å². The van der Waals surface area contributed by atoms with Gasteiger partial charge in [-0.15, -0.1) is 0 Å². The van der Waals surface area contributed by atoms with Crippen LogP contribution in [0.4, 0.5) is 4.39 Å². The molecule has 3 heteroatoms. The molecule has 40 valence electrons. The van der Waals surface area contributed by atoms with Gasteiger partial charge in [0.2, 0.25) is 0 Å². The molecule has 0 aromatic heterocycles. The lowest BCUT2D eigenvalue weighted by Gasteiger charge is -1.91. The summed E-state index contributed by atoms with van der Waals surface area (Å²) in [6.07, 6.45) is 0.829. The number of hydrogen-bond donors (Lipinski definition) is 0. The summed E-state index contributed by atoms with van der Waals surface area (Å²) in [5.41, 5.74) is 0. The van der Waals surface area contributed by atoms with E-state index in [9.17, 15) is 14.3 Å². The third-order valence-electron chi connectivity index (χ3n) is 0.448. The number of carbonyl (C=O) groups excluding carboxylic acids is 1. The molecule has 0 amide bonds. The second kappa shape index (κ2) is 2.34. The van der Waals surface area contributed by atoms with E-state index in [1.807, 2.05) is 0 Å². The molecule has 0 heterocycles. The summed E-state index contributed by atoms with van der Waals surface area (Å²) in [6.45, 7) is 1.28. The molecule has 0 aromatic carbocycles. The normalized spacial score (nSPS) is 11.4. The Balaban J connectivity index is 3.82. The Morgan fingerprint density at radius 3 is 2.29 bits per heavy atom. The molecular formula is C4H4FO2-. The van der Waals surface area contributed by atoms with Crippen molar-refractivity contribution in [1.82, 2.24) is 0 Å². The van der Waals surface area contributed by atoms with Crippen LogP contribution in [-0.2, 0) is 4.79 Å². The van der Waals surface area contributed by atoms with Crippen molar-refractivity contribution in [3.63, 3.8) is 0 Å². The predicted octanol–water partition coefficient (Wildman–Crippen LogP) is -0.390. The van der Waals surface area contributed by atoms with Gasteiger partial charge in [-0.2, -0.15) is 0 Å². The number of carboxylic acid groups (broad SMARTS) is 1. The van der Waals surface area contributed by atoms with E-state index in [1.54, 1.807) is 0 Å². The SMILES string of the molecule is C/C=C(\F)C(=O)[O-]. The maximum atomic E-state index is 11.5. The van der Waals surface area contributed by atoms with Gasteiger partial charge in [0.05, 0.1) is 5.97 Å². The number of allylic oxidation sites excluding steroid dienone is 1. The van der Waals surface area contributed by atoms with Gasteiger partial charge in [-0.1, -0.05) is 0 Å². The Bertz CT molecular complexity index is 106. The van der Waals surface area contributed by atoms with Gasteiger partial charge in [-0.25, -0.2) is 4.39 Å². The van der Waals surface area contributed by atoms with Gasteiger partial charge in [0.25, 0.3) is 0 Å². The summed E-state index contributed by atoms with van der Waals surface area (Å²) in [4.78, 5) is 9.38. The maximum absolute atomic E-state index is 11.5. The van der Waals surface area contributed by atoms with E-state index >= 15 is 0 Å². The van der Waals surface area contributed by atoms with Crippen molar-refractivity contribution in [1.29, 1.82) is 0 Å². The van der Waals surface area contributed by atoms with Crippen LogP contribution in [0.25, 0.3) is 0 Å². The fourth-order valence-electron chi connectivity index (χ4n) is 0.118. The van der Waals surface area contributed by atoms with Crippen LogP contribution in [0.1, 0.15) is 6.92 Å². The van der Waals surface area contributed by atoms with Crippen LogP contribution < -0.4 is 5.11 Å². The fourth-order valence-corrected chi connectivity index (χ4v) is 0.118. The van der Waals surface area contributed by atoms with Crippen molar-refractivity contribution in [2.75, 3.05) is 0 Å². The Hall–Kier alpha value is -0.860. The zero-order valence-corrected chi connectivity index (χ0v) is 3.77. The van der Waals surface area contributed by atoms with E-state index in [0.29, 0.717) is 0 Å². The van der Waals surface area contributed by atoms with Crippen LogP contribution in [0.5, 0.6) is 0 Å². The Morgan fingerprint density at radius 2 is 2.29 bits per heavy atom. The van der Waals surface area contributed by atoms with Crippen LogP contribution in [0.2, 0.25) is 0 Å². The van der Waals surface area contributed by atoms with Crippen molar-refractivity contribution in [3.05, 3.63) is 11.9 Å². The van der Waals surface area contributed by atoms with Gasteiger partial charge < -0.3 is 9.90 Å². The van der Waals surface area contributed by atoms with Crippen molar-refractivity contribution in [3.8, 4) is 0 Å². The highest BCUT2D eigenvalue weighted by Gasteiger charge is 1.87. The molecule has 0 saturated heterocycles. The highest BCUT2D eigenvalue weighted by molar-refractivity contribution is 5.81. The zero-order chi connectivity index (χ0) is 5.86. The molecule has 0 fully saturated rings. The largest absolute Gasteiger partial charge is 0.542 e. The minimum atomic E-state index is -1.76. The van der Waals surface area contributed by atoms with E-state index in [4.69, 9.17) is 0 Å². The third kappa shape index (κ3) is 1.92. The number of hydrogen-bond acceptors (Lipinski definition) is 2. The van der Waals surface area contributed by atoms with Crippen molar-refractivity contribution < 1.29 is 14.3 Å². The Labute approximate surface area is 40.3 Å². The van der Waals surface area contributed by atoms with Gasteiger partial charge >= 0.3 is 0 Å². The molecule has 0 spiro atoms. The average molecular weight is 103 g/mol. The van der Waals surface area contributed by atoms with Crippen molar-refractivity contribution >= 4 is 5.97 Å². The molecule has 0 unspecified atom stereocenters. The monoisotopic (exact) mass is 103 g/mol. The number of halogens is 1. The highest BCUT2D eigenvalue weighted by Crippen LogP contribution is 1.89. The van der Waals surface area contributed by atoms with E-state index in [2.05, 4.69) is 0 Å². The number of carboxylic acids is 1. The lowest BCUT2D eigenvalue weighted by Crippen LogP contribution is -2.22. The fraction of sp³-hybridized carbons (Fsp3) is 0.250. The number of aliphatic carboxylic acids is 1. The molecule has 0 N–H and O–H groups in total. The summed E-state index contributed by atoms with van der Waals surface area (Å²) < 4.78 is 11.5. The molecule has 0 bridgehead atoms. The average Bonchev–Trinajstić information content (AvgIpc) is 1.65. The van der Waals surface area contributed by atoms with Crippen molar-refractivity contribution in [2.45, 2.75) is 6.92 Å².